The highest BCUT2D eigenvalue weighted by molar-refractivity contribution is 5.51. The molecule has 1 N–H and O–H groups in total. The molecular weight excluding hydrogens is 657 g/mol. The molecule has 2 saturated heterocycles. The summed E-state index contributed by atoms with van der Waals surface area (Å²) in [6.07, 6.45) is 3.42. The van der Waals surface area contributed by atoms with Crippen molar-refractivity contribution in [2.24, 2.45) is 5.41 Å². The predicted octanol–water partition coefficient (Wildman–Crippen LogP) is 8.45. The van der Waals surface area contributed by atoms with Crippen molar-refractivity contribution in [3.05, 3.63) is 75.9 Å². The van der Waals surface area contributed by atoms with Crippen molar-refractivity contribution >= 4 is 5.95 Å². The third-order valence-corrected chi connectivity index (χ3v) is 11.2. The van der Waals surface area contributed by atoms with Crippen molar-refractivity contribution in [2.45, 2.75) is 128 Å². The highest BCUT2D eigenvalue weighted by Gasteiger charge is 2.43. The Morgan fingerprint density at radius 1 is 0.961 bits per heavy atom. The summed E-state index contributed by atoms with van der Waals surface area (Å²) in [6.45, 7) is 12.0. The third kappa shape index (κ3) is 7.90. The Hall–Kier alpha value is -3.28. The predicted molar refractivity (Wildman–Crippen MR) is 188 cm³/mol. The summed E-state index contributed by atoms with van der Waals surface area (Å²) >= 11 is 0. The van der Waals surface area contributed by atoms with Crippen molar-refractivity contribution < 1.29 is 32.5 Å². The van der Waals surface area contributed by atoms with E-state index in [0.717, 1.165) is 16.8 Å². The topological polar surface area (TPSA) is 89.8 Å². The number of piperidine rings is 1. The van der Waals surface area contributed by atoms with E-state index in [4.69, 9.17) is 19.2 Å². The maximum Gasteiger partial charge on any atom is 0.248 e. The van der Waals surface area contributed by atoms with Crippen molar-refractivity contribution in [2.75, 3.05) is 31.2 Å². The van der Waals surface area contributed by atoms with Gasteiger partial charge < -0.3 is 24.2 Å². The number of aromatic nitrogens is 3. The maximum absolute atomic E-state index is 17.3. The van der Waals surface area contributed by atoms with Gasteiger partial charge in [0.25, 0.3) is 0 Å². The molecule has 0 bridgehead atoms. The molecule has 4 aliphatic rings. The molecule has 3 fully saturated rings. The second-order valence-corrected chi connectivity index (χ2v) is 16.4. The molecule has 3 atom stereocenters. The fraction of sp³-hybridized carbons (Fsp3) is 0.625. The minimum Gasteiger partial charge on any atom is -0.488 e. The molecule has 7 rings (SSSR count). The average Bonchev–Trinajstić information content (AvgIpc) is 3.44. The second-order valence-electron chi connectivity index (χ2n) is 16.4. The molecule has 2 aliphatic heterocycles. The molecule has 0 amide bonds. The van der Waals surface area contributed by atoms with Crippen molar-refractivity contribution in [3.8, 4) is 5.75 Å². The van der Waals surface area contributed by atoms with Gasteiger partial charge in [-0.05, 0) is 81.8 Å². The molecule has 2 aliphatic carbocycles. The number of halogens is 3. The van der Waals surface area contributed by atoms with Gasteiger partial charge in [-0.2, -0.15) is 0 Å². The van der Waals surface area contributed by atoms with E-state index >= 15 is 4.39 Å². The minimum absolute atomic E-state index is 0.0586. The Kier molecular flexibility index (Phi) is 9.86. The van der Waals surface area contributed by atoms with Crippen molar-refractivity contribution in [1.29, 1.82) is 0 Å². The van der Waals surface area contributed by atoms with Crippen LogP contribution in [0, 0.1) is 12.3 Å². The third-order valence-electron chi connectivity index (χ3n) is 11.2. The molecule has 11 heteroatoms. The molecule has 3 aromatic rings. The number of pyridine rings is 1. The average molecular weight is 709 g/mol. The molecule has 8 nitrogen and oxygen atoms in total. The van der Waals surface area contributed by atoms with Crippen molar-refractivity contribution in [1.82, 2.24) is 15.0 Å². The van der Waals surface area contributed by atoms with Gasteiger partial charge in [-0.1, -0.05) is 43.7 Å². The van der Waals surface area contributed by atoms with E-state index in [1.807, 2.05) is 45.0 Å². The van der Waals surface area contributed by atoms with Gasteiger partial charge in [0.15, 0.2) is 17.7 Å². The molecule has 2 aromatic heterocycles. The quantitative estimate of drug-likeness (QED) is 0.250. The van der Waals surface area contributed by atoms with E-state index in [1.165, 1.54) is 0 Å². The highest BCUT2D eigenvalue weighted by Crippen LogP contribution is 2.52. The lowest BCUT2D eigenvalue weighted by atomic mass is 9.68. The Balaban J connectivity index is 1.18. The summed E-state index contributed by atoms with van der Waals surface area (Å²) < 4.78 is 63.6. The molecule has 4 heterocycles. The lowest BCUT2D eigenvalue weighted by Gasteiger charge is -2.41. The Labute approximate surface area is 299 Å². The summed E-state index contributed by atoms with van der Waals surface area (Å²) in [6, 6.07) is 7.42. The van der Waals surface area contributed by atoms with Crippen LogP contribution >= 0.6 is 0 Å². The largest absolute Gasteiger partial charge is 0.488 e. The zero-order valence-electron chi connectivity index (χ0n) is 30.4. The van der Waals surface area contributed by atoms with Gasteiger partial charge in [0.1, 0.15) is 12.7 Å². The maximum atomic E-state index is 17.3. The van der Waals surface area contributed by atoms with E-state index in [-0.39, 0.29) is 49.0 Å². The van der Waals surface area contributed by atoms with Crippen LogP contribution in [0.25, 0.3) is 0 Å². The van der Waals surface area contributed by atoms with Crippen LogP contribution in [0.4, 0.5) is 19.1 Å². The Morgan fingerprint density at radius 2 is 1.63 bits per heavy atom. The number of ether oxygens (including phenoxy) is 3. The van der Waals surface area contributed by atoms with E-state index in [0.29, 0.717) is 86.1 Å². The summed E-state index contributed by atoms with van der Waals surface area (Å²) in [7, 11) is 0. The van der Waals surface area contributed by atoms with Crippen molar-refractivity contribution in [3.63, 3.8) is 0 Å². The summed E-state index contributed by atoms with van der Waals surface area (Å²) in [5.74, 6) is -2.53. The first-order valence-corrected chi connectivity index (χ1v) is 18.5. The number of aliphatic hydroxyl groups is 1. The number of rotatable bonds is 8. The van der Waals surface area contributed by atoms with E-state index in [2.05, 4.69) is 28.7 Å². The zero-order valence-corrected chi connectivity index (χ0v) is 30.4. The Morgan fingerprint density at radius 3 is 2.25 bits per heavy atom. The number of benzene rings is 1. The molecule has 0 unspecified atom stereocenters. The monoisotopic (exact) mass is 708 g/mol. The van der Waals surface area contributed by atoms with Gasteiger partial charge in [0.05, 0.1) is 30.8 Å². The lowest BCUT2D eigenvalue weighted by Crippen LogP contribution is -2.36. The van der Waals surface area contributed by atoms with Crippen LogP contribution in [0.5, 0.6) is 5.75 Å². The van der Waals surface area contributed by atoms with Gasteiger partial charge in [0.2, 0.25) is 11.9 Å². The normalized spacial score (nSPS) is 25.4. The van der Waals surface area contributed by atoms with Crippen LogP contribution < -0.4 is 9.64 Å². The van der Waals surface area contributed by atoms with Crippen LogP contribution in [-0.4, -0.2) is 64.2 Å². The number of nitrogens with zero attached hydrogens (tertiary/aromatic N) is 4. The minimum atomic E-state index is -2.73. The van der Waals surface area contributed by atoms with E-state index in [9.17, 15) is 13.9 Å². The number of aryl methyl sites for hydroxylation is 1. The standard InChI is InChI=1S/C40H51F3N4O4/c1-24-6-8-26(9-7-24)35(41)34-32(25-10-14-40(42,43)15-11-25)33-30(18-38(2,3)19-31(33)48)46-36(34)27-12-16-47(17-13-27)37-44-20-28(21-45-37)49-22-29-23-50-39(4,5)51-29/h6-9,20-21,25,27,29,31,35,48H,10-19,22-23H2,1-5H3/t29-,31-,35-/m0/s1. The smallest absolute Gasteiger partial charge is 0.248 e. The van der Waals surface area contributed by atoms with E-state index < -0.39 is 24.0 Å². The van der Waals surface area contributed by atoms with E-state index in [1.54, 1.807) is 12.4 Å². The van der Waals surface area contributed by atoms with Crippen LogP contribution in [0.1, 0.15) is 136 Å². The number of hydrogen-bond acceptors (Lipinski definition) is 8. The van der Waals surface area contributed by atoms with Gasteiger partial charge in [-0.15, -0.1) is 0 Å². The zero-order chi connectivity index (χ0) is 36.1. The summed E-state index contributed by atoms with van der Waals surface area (Å²) in [4.78, 5) is 16.6. The second kappa shape index (κ2) is 13.9. The first-order chi connectivity index (χ1) is 24.2. The number of aliphatic hydroxyl groups excluding tert-OH is 1. The van der Waals surface area contributed by atoms with Gasteiger partial charge in [-0.25, -0.2) is 23.1 Å². The first kappa shape index (κ1) is 36.1. The molecule has 0 spiro atoms. The van der Waals surface area contributed by atoms with Crippen LogP contribution in [-0.2, 0) is 15.9 Å². The number of anilines is 1. The van der Waals surface area contributed by atoms with Gasteiger partial charge in [-0.3, -0.25) is 4.98 Å². The Bertz CT molecular complexity index is 1680. The molecular formula is C40H51F3N4O4. The molecule has 276 valence electrons. The number of fused-ring (bicyclic) bond motifs is 1. The SMILES string of the molecule is Cc1ccc([C@H](F)c2c(C3CCN(c4ncc(OC[C@H]5COC(C)(C)O5)cn4)CC3)nc3c(c2C2CCC(F)(F)CC2)[C@@H](O)CC(C)(C)C3)cc1. The number of alkyl halides is 3. The molecule has 51 heavy (non-hydrogen) atoms. The summed E-state index contributed by atoms with van der Waals surface area (Å²) in [5.41, 5.74) is 4.75. The van der Waals surface area contributed by atoms with Gasteiger partial charge >= 0.3 is 0 Å². The number of hydrogen-bond donors (Lipinski definition) is 1. The van der Waals surface area contributed by atoms with Crippen LogP contribution in [0.15, 0.2) is 36.7 Å². The molecule has 1 saturated carbocycles. The van der Waals surface area contributed by atoms with Crippen LogP contribution in [0.3, 0.4) is 0 Å². The summed E-state index contributed by atoms with van der Waals surface area (Å²) in [5, 5.41) is 11.7. The lowest BCUT2D eigenvalue weighted by molar-refractivity contribution is -0.141. The first-order valence-electron chi connectivity index (χ1n) is 18.5. The fourth-order valence-corrected chi connectivity index (χ4v) is 8.54. The molecule has 0 radical (unpaired) electrons. The van der Waals surface area contributed by atoms with Gasteiger partial charge in [0, 0.05) is 48.7 Å². The molecule has 1 aromatic carbocycles. The van der Waals surface area contributed by atoms with Crippen LogP contribution in [0.2, 0.25) is 0 Å². The highest BCUT2D eigenvalue weighted by atomic mass is 19.3. The fourth-order valence-electron chi connectivity index (χ4n) is 8.54.